The molecule has 0 aromatic heterocycles. The fourth-order valence-electron chi connectivity index (χ4n) is 4.10. The first-order valence-corrected chi connectivity index (χ1v) is 8.83. The van der Waals surface area contributed by atoms with E-state index in [0.717, 1.165) is 17.5 Å². The summed E-state index contributed by atoms with van der Waals surface area (Å²) in [5.74, 6) is -1.77. The highest BCUT2D eigenvalue weighted by molar-refractivity contribution is 5.87. The molecule has 1 aliphatic carbocycles. The molecule has 0 bridgehead atoms. The van der Waals surface area contributed by atoms with Gasteiger partial charge in [-0.05, 0) is 36.0 Å². The third-order valence-electron chi connectivity index (χ3n) is 5.59. The Bertz CT molecular complexity index is 802. The van der Waals surface area contributed by atoms with Gasteiger partial charge in [0, 0.05) is 6.54 Å². The molecular formula is C21H21NO3. The summed E-state index contributed by atoms with van der Waals surface area (Å²) in [6.45, 7) is 0.637. The molecule has 128 valence electrons. The van der Waals surface area contributed by atoms with Gasteiger partial charge in [-0.3, -0.25) is 9.59 Å². The molecule has 3 atom stereocenters. The average molecular weight is 335 g/mol. The number of carbonyl (C=O) groups is 2. The van der Waals surface area contributed by atoms with Crippen molar-refractivity contribution in [3.8, 4) is 0 Å². The predicted molar refractivity (Wildman–Crippen MR) is 94.0 cm³/mol. The molecule has 4 nitrogen and oxygen atoms in total. The maximum Gasteiger partial charge on any atom is 0.307 e. The minimum absolute atomic E-state index is 0.0120. The van der Waals surface area contributed by atoms with Crippen LogP contribution in [-0.4, -0.2) is 28.4 Å². The average Bonchev–Trinajstić information content (AvgIpc) is 2.60. The minimum atomic E-state index is -0.849. The summed E-state index contributed by atoms with van der Waals surface area (Å²) in [6.07, 6.45) is 2.09. The van der Waals surface area contributed by atoms with Gasteiger partial charge in [0.25, 0.3) is 0 Å². The molecular weight excluding hydrogens is 314 g/mol. The summed E-state index contributed by atoms with van der Waals surface area (Å²) in [5, 5.41) is 9.32. The zero-order valence-electron chi connectivity index (χ0n) is 14.0. The molecule has 2 aromatic rings. The van der Waals surface area contributed by atoms with Crippen molar-refractivity contribution >= 4 is 11.9 Å². The summed E-state index contributed by atoms with van der Waals surface area (Å²) < 4.78 is 0. The fraction of sp³-hybridized carbons (Fsp3) is 0.333. The van der Waals surface area contributed by atoms with Crippen molar-refractivity contribution < 1.29 is 14.7 Å². The van der Waals surface area contributed by atoms with Crippen LogP contribution in [0.1, 0.15) is 35.6 Å². The van der Waals surface area contributed by atoms with E-state index in [0.29, 0.717) is 19.4 Å². The Kier molecular flexibility index (Phi) is 4.04. The van der Waals surface area contributed by atoms with E-state index in [1.807, 2.05) is 47.4 Å². The molecule has 1 amide bonds. The summed E-state index contributed by atoms with van der Waals surface area (Å²) in [6, 6.07) is 18.1. The van der Waals surface area contributed by atoms with Crippen LogP contribution in [0.5, 0.6) is 0 Å². The molecule has 25 heavy (non-hydrogen) atoms. The van der Waals surface area contributed by atoms with E-state index < -0.39 is 11.9 Å². The van der Waals surface area contributed by atoms with E-state index in [1.54, 1.807) is 0 Å². The van der Waals surface area contributed by atoms with Crippen LogP contribution >= 0.6 is 0 Å². The maximum atomic E-state index is 13.2. The molecule has 1 aliphatic heterocycles. The lowest BCUT2D eigenvalue weighted by atomic mass is 9.72. The second-order valence-corrected chi connectivity index (χ2v) is 6.92. The van der Waals surface area contributed by atoms with E-state index in [2.05, 4.69) is 12.1 Å². The van der Waals surface area contributed by atoms with E-state index in [-0.39, 0.29) is 17.9 Å². The lowest BCUT2D eigenvalue weighted by molar-refractivity contribution is -0.157. The minimum Gasteiger partial charge on any atom is -0.481 e. The third kappa shape index (κ3) is 2.72. The molecule has 0 saturated heterocycles. The number of amides is 1. The van der Waals surface area contributed by atoms with Crippen molar-refractivity contribution in [2.75, 3.05) is 6.54 Å². The summed E-state index contributed by atoms with van der Waals surface area (Å²) >= 11 is 0. The predicted octanol–water partition coefficient (Wildman–Crippen LogP) is 3.27. The number of carboxylic acids is 1. The Morgan fingerprint density at radius 2 is 1.60 bits per heavy atom. The number of hydrogen-bond donors (Lipinski definition) is 1. The summed E-state index contributed by atoms with van der Waals surface area (Å²) in [4.78, 5) is 26.4. The van der Waals surface area contributed by atoms with Crippen LogP contribution in [0.25, 0.3) is 0 Å². The van der Waals surface area contributed by atoms with Crippen molar-refractivity contribution in [2.24, 2.45) is 11.8 Å². The molecule has 0 spiro atoms. The van der Waals surface area contributed by atoms with Gasteiger partial charge in [-0.2, -0.15) is 0 Å². The van der Waals surface area contributed by atoms with Crippen LogP contribution < -0.4 is 0 Å². The van der Waals surface area contributed by atoms with Crippen LogP contribution in [0.4, 0.5) is 0 Å². The molecule has 1 heterocycles. The van der Waals surface area contributed by atoms with Gasteiger partial charge in [0.15, 0.2) is 0 Å². The second kappa shape index (κ2) is 6.36. The molecule has 4 rings (SSSR count). The number of hydrogen-bond acceptors (Lipinski definition) is 2. The Balaban J connectivity index is 1.72. The molecule has 2 aromatic carbocycles. The molecule has 1 N–H and O–H groups in total. The summed E-state index contributed by atoms with van der Waals surface area (Å²) in [5.41, 5.74) is 3.50. The number of aliphatic carboxylic acids is 1. The fourth-order valence-corrected chi connectivity index (χ4v) is 4.10. The first kappa shape index (κ1) is 15.9. The Hall–Kier alpha value is -2.62. The number of rotatable bonds is 3. The smallest absolute Gasteiger partial charge is 0.307 e. The first-order chi connectivity index (χ1) is 12.2. The number of carboxylic acid groups (broad SMARTS) is 1. The molecule has 0 unspecified atom stereocenters. The SMILES string of the molecule is O=C(O)[C@@H]1CC[C@@H]1C(=O)N1CCc2ccccc2[C@H]1c1ccccc1. The zero-order valence-corrected chi connectivity index (χ0v) is 14.0. The van der Waals surface area contributed by atoms with Gasteiger partial charge in [-0.1, -0.05) is 54.6 Å². The van der Waals surface area contributed by atoms with Crippen LogP contribution in [0.3, 0.4) is 0 Å². The molecule has 4 heteroatoms. The van der Waals surface area contributed by atoms with E-state index >= 15 is 0 Å². The third-order valence-corrected chi connectivity index (χ3v) is 5.59. The van der Waals surface area contributed by atoms with Crippen LogP contribution in [0.2, 0.25) is 0 Å². The van der Waals surface area contributed by atoms with Gasteiger partial charge in [0.1, 0.15) is 0 Å². The Morgan fingerprint density at radius 3 is 2.28 bits per heavy atom. The summed E-state index contributed by atoms with van der Waals surface area (Å²) in [7, 11) is 0. The molecule has 1 fully saturated rings. The highest BCUT2D eigenvalue weighted by Gasteiger charge is 2.45. The first-order valence-electron chi connectivity index (χ1n) is 8.83. The quantitative estimate of drug-likeness (QED) is 0.936. The molecule has 0 radical (unpaired) electrons. The van der Waals surface area contributed by atoms with Crippen molar-refractivity contribution in [2.45, 2.75) is 25.3 Å². The number of carbonyl (C=O) groups excluding carboxylic acids is 1. The van der Waals surface area contributed by atoms with Gasteiger partial charge in [-0.25, -0.2) is 0 Å². The Morgan fingerprint density at radius 1 is 0.920 bits per heavy atom. The van der Waals surface area contributed by atoms with Gasteiger partial charge < -0.3 is 10.0 Å². The van der Waals surface area contributed by atoms with Gasteiger partial charge in [0.2, 0.25) is 5.91 Å². The monoisotopic (exact) mass is 335 g/mol. The highest BCUT2D eigenvalue weighted by Crippen LogP contribution is 2.41. The van der Waals surface area contributed by atoms with Crippen molar-refractivity contribution in [3.05, 3.63) is 71.3 Å². The molecule has 1 saturated carbocycles. The van der Waals surface area contributed by atoms with Gasteiger partial charge >= 0.3 is 5.97 Å². The number of fused-ring (bicyclic) bond motifs is 1. The van der Waals surface area contributed by atoms with Crippen LogP contribution in [0, 0.1) is 11.8 Å². The van der Waals surface area contributed by atoms with Crippen molar-refractivity contribution in [1.29, 1.82) is 0 Å². The van der Waals surface area contributed by atoms with Crippen LogP contribution in [-0.2, 0) is 16.0 Å². The van der Waals surface area contributed by atoms with Gasteiger partial charge in [0.05, 0.1) is 17.9 Å². The lowest BCUT2D eigenvalue weighted by Gasteiger charge is -2.43. The highest BCUT2D eigenvalue weighted by atomic mass is 16.4. The van der Waals surface area contributed by atoms with Gasteiger partial charge in [-0.15, -0.1) is 0 Å². The topological polar surface area (TPSA) is 57.6 Å². The second-order valence-electron chi connectivity index (χ2n) is 6.92. The maximum absolute atomic E-state index is 13.2. The number of nitrogens with zero attached hydrogens (tertiary/aromatic N) is 1. The van der Waals surface area contributed by atoms with E-state index in [1.165, 1.54) is 5.56 Å². The standard InChI is InChI=1S/C21H21NO3/c23-20(17-10-11-18(17)21(24)25)22-13-12-14-6-4-5-9-16(14)19(22)15-7-2-1-3-8-15/h1-9,17-19H,10-13H2,(H,24,25)/t17-,18+,19+/m0/s1. The normalized spacial score (nSPS) is 25.0. The Labute approximate surface area is 147 Å². The van der Waals surface area contributed by atoms with Crippen LogP contribution in [0.15, 0.2) is 54.6 Å². The zero-order chi connectivity index (χ0) is 17.4. The van der Waals surface area contributed by atoms with E-state index in [9.17, 15) is 14.7 Å². The largest absolute Gasteiger partial charge is 0.481 e. The molecule has 2 aliphatic rings. The lowest BCUT2D eigenvalue weighted by Crippen LogP contribution is -2.49. The van der Waals surface area contributed by atoms with E-state index in [4.69, 9.17) is 0 Å². The van der Waals surface area contributed by atoms with Crippen molar-refractivity contribution in [1.82, 2.24) is 4.90 Å². The number of benzene rings is 2. The van der Waals surface area contributed by atoms with Crippen molar-refractivity contribution in [3.63, 3.8) is 0 Å².